The van der Waals surface area contributed by atoms with E-state index < -0.39 is 9.04 Å². The second-order valence-corrected chi connectivity index (χ2v) is 10.2. The van der Waals surface area contributed by atoms with Gasteiger partial charge in [0.25, 0.3) is 0 Å². The molecule has 90 valence electrons. The van der Waals surface area contributed by atoms with Crippen molar-refractivity contribution in [1.29, 1.82) is 0 Å². The second-order valence-electron chi connectivity index (χ2n) is 5.23. The van der Waals surface area contributed by atoms with Gasteiger partial charge in [0.15, 0.2) is 9.04 Å². The highest BCUT2D eigenvalue weighted by Crippen LogP contribution is 2.27. The molecule has 1 aromatic carbocycles. The third-order valence-corrected chi connectivity index (χ3v) is 9.18. The lowest BCUT2D eigenvalue weighted by atomic mass is 10.00. The molecule has 0 bridgehead atoms. The molecule has 0 fully saturated rings. The summed E-state index contributed by atoms with van der Waals surface area (Å²) in [7, 11) is -0.540. The van der Waals surface area contributed by atoms with Gasteiger partial charge in [-0.25, -0.2) is 0 Å². The standard InChI is InChI=1S/C12H21ClOSi2/c1-12(2,3)11(13)16(14-15)9-10-7-5-4-6-8-10/h4-8,11,16H,9H2,1-3,15H3. The molecule has 0 aromatic heterocycles. The zero-order chi connectivity index (χ0) is 12.2. The van der Waals surface area contributed by atoms with E-state index in [0.29, 0.717) is 0 Å². The van der Waals surface area contributed by atoms with Crippen LogP contribution in [-0.4, -0.2) is 24.5 Å². The first-order chi connectivity index (χ1) is 7.45. The molecule has 0 heterocycles. The molecule has 0 aliphatic rings. The maximum Gasteiger partial charge on any atom is 0.185 e. The van der Waals surface area contributed by atoms with E-state index in [2.05, 4.69) is 45.0 Å². The fraction of sp³-hybridized carbons (Fsp3) is 0.500. The second kappa shape index (κ2) is 6.01. The molecule has 1 nitrogen and oxygen atoms in total. The van der Waals surface area contributed by atoms with Crippen LogP contribution in [0.25, 0.3) is 0 Å². The maximum absolute atomic E-state index is 6.53. The van der Waals surface area contributed by atoms with E-state index in [1.807, 2.05) is 6.07 Å². The van der Waals surface area contributed by atoms with Gasteiger partial charge in [0.1, 0.15) is 10.5 Å². The zero-order valence-corrected chi connectivity index (χ0v) is 14.4. The van der Waals surface area contributed by atoms with Crippen molar-refractivity contribution < 1.29 is 4.12 Å². The summed E-state index contributed by atoms with van der Waals surface area (Å²) in [6.45, 7) is 6.57. The summed E-state index contributed by atoms with van der Waals surface area (Å²) in [5, 5.41) is 0.185. The molecule has 0 aliphatic heterocycles. The predicted octanol–water partition coefficient (Wildman–Crippen LogP) is 1.98. The summed E-state index contributed by atoms with van der Waals surface area (Å²) in [6, 6.07) is 11.6. The van der Waals surface area contributed by atoms with Crippen LogP contribution < -0.4 is 0 Å². The van der Waals surface area contributed by atoms with Gasteiger partial charge in [-0.1, -0.05) is 51.1 Å². The molecule has 0 N–H and O–H groups in total. The van der Waals surface area contributed by atoms with Gasteiger partial charge < -0.3 is 4.12 Å². The number of hydrogen-bond donors (Lipinski definition) is 0. The highest BCUT2D eigenvalue weighted by molar-refractivity contribution is 6.66. The van der Waals surface area contributed by atoms with E-state index in [-0.39, 0.29) is 10.4 Å². The molecule has 0 spiro atoms. The average molecular weight is 273 g/mol. The van der Waals surface area contributed by atoms with E-state index in [1.54, 1.807) is 0 Å². The molecule has 0 radical (unpaired) electrons. The predicted molar refractivity (Wildman–Crippen MR) is 77.4 cm³/mol. The van der Waals surface area contributed by atoms with Crippen molar-refractivity contribution in [2.45, 2.75) is 31.8 Å². The van der Waals surface area contributed by atoms with Crippen molar-refractivity contribution >= 4 is 31.1 Å². The lowest BCUT2D eigenvalue weighted by molar-refractivity contribution is 0.422. The Morgan fingerprint density at radius 3 is 2.31 bits per heavy atom. The molecule has 0 aliphatic carbocycles. The Kier molecular flexibility index (Phi) is 5.24. The van der Waals surface area contributed by atoms with E-state index in [9.17, 15) is 0 Å². The summed E-state index contributed by atoms with van der Waals surface area (Å²) in [5.41, 5.74) is 1.49. The van der Waals surface area contributed by atoms with Crippen LogP contribution in [0.1, 0.15) is 26.3 Å². The monoisotopic (exact) mass is 272 g/mol. The number of hydrogen-bond acceptors (Lipinski definition) is 1. The van der Waals surface area contributed by atoms with Crippen LogP contribution in [0.4, 0.5) is 0 Å². The van der Waals surface area contributed by atoms with Gasteiger partial charge in [0.2, 0.25) is 0 Å². The minimum atomic E-state index is -1.33. The van der Waals surface area contributed by atoms with Crippen molar-refractivity contribution in [1.82, 2.24) is 0 Å². The lowest BCUT2D eigenvalue weighted by Crippen LogP contribution is -2.40. The fourth-order valence-electron chi connectivity index (χ4n) is 1.71. The van der Waals surface area contributed by atoms with Crippen LogP contribution >= 0.6 is 11.6 Å². The summed E-state index contributed by atoms with van der Waals surface area (Å²) < 4.78 is 5.79. The molecule has 4 heteroatoms. The van der Waals surface area contributed by atoms with Gasteiger partial charge in [0, 0.05) is 0 Å². The van der Waals surface area contributed by atoms with Gasteiger partial charge in [0.05, 0.1) is 5.00 Å². The lowest BCUT2D eigenvalue weighted by Gasteiger charge is -2.30. The van der Waals surface area contributed by atoms with Crippen LogP contribution in [0.3, 0.4) is 0 Å². The summed E-state index contributed by atoms with van der Waals surface area (Å²) in [5.74, 6) is 0. The van der Waals surface area contributed by atoms with Crippen LogP contribution in [0.2, 0.25) is 0 Å². The average Bonchev–Trinajstić information content (AvgIpc) is 2.25. The molecule has 1 rings (SSSR count). The SMILES string of the molecule is CC(C)(C)C(Cl)[SiH](Cc1ccccc1)O[SiH3]. The first-order valence-corrected chi connectivity index (χ1v) is 8.86. The van der Waals surface area contributed by atoms with Gasteiger partial charge >= 0.3 is 0 Å². The van der Waals surface area contributed by atoms with Crippen molar-refractivity contribution in [2.75, 3.05) is 0 Å². The molecular weight excluding hydrogens is 252 g/mol. The smallest absolute Gasteiger partial charge is 0.185 e. The van der Waals surface area contributed by atoms with Crippen molar-refractivity contribution in [3.8, 4) is 0 Å². The first-order valence-electron chi connectivity index (χ1n) is 5.66. The molecule has 0 amide bonds. The van der Waals surface area contributed by atoms with Gasteiger partial charge in [-0.15, -0.1) is 11.6 Å². The number of benzene rings is 1. The minimum absolute atomic E-state index is 0.137. The Morgan fingerprint density at radius 1 is 1.31 bits per heavy atom. The van der Waals surface area contributed by atoms with Crippen LogP contribution in [0.15, 0.2) is 30.3 Å². The van der Waals surface area contributed by atoms with Crippen molar-refractivity contribution in [2.24, 2.45) is 5.41 Å². The third-order valence-electron chi connectivity index (χ3n) is 2.74. The topological polar surface area (TPSA) is 9.23 Å². The fourth-order valence-corrected chi connectivity index (χ4v) is 6.58. The third kappa shape index (κ3) is 4.05. The number of halogens is 1. The maximum atomic E-state index is 6.53. The molecule has 2 atom stereocenters. The summed E-state index contributed by atoms with van der Waals surface area (Å²) in [4.78, 5) is 0. The quantitative estimate of drug-likeness (QED) is 0.602. The Bertz CT molecular complexity index is 311. The van der Waals surface area contributed by atoms with Crippen LogP contribution in [0.5, 0.6) is 0 Å². The first kappa shape index (κ1) is 14.0. The van der Waals surface area contributed by atoms with Gasteiger partial charge in [-0.3, -0.25) is 0 Å². The zero-order valence-electron chi connectivity index (χ0n) is 10.5. The molecular formula is C12H21ClOSi2. The normalized spacial score (nSPS) is 16.0. The Hall–Kier alpha value is -0.0962. The summed E-state index contributed by atoms with van der Waals surface area (Å²) in [6.07, 6.45) is 0. The highest BCUT2D eigenvalue weighted by atomic mass is 35.5. The van der Waals surface area contributed by atoms with E-state index in [0.717, 1.165) is 16.5 Å². The Morgan fingerprint density at radius 2 is 1.88 bits per heavy atom. The Balaban J connectivity index is 2.70. The van der Waals surface area contributed by atoms with Crippen molar-refractivity contribution in [3.63, 3.8) is 0 Å². The van der Waals surface area contributed by atoms with Gasteiger partial charge in [-0.05, 0) is 17.0 Å². The van der Waals surface area contributed by atoms with Gasteiger partial charge in [-0.2, -0.15) is 0 Å². The molecule has 1 aromatic rings. The minimum Gasteiger partial charge on any atom is -0.464 e. The summed E-state index contributed by atoms with van der Waals surface area (Å²) >= 11 is 6.53. The number of rotatable bonds is 4. The van der Waals surface area contributed by atoms with Crippen LogP contribution in [-0.2, 0) is 10.2 Å². The Labute approximate surface area is 108 Å². The van der Waals surface area contributed by atoms with E-state index in [1.165, 1.54) is 5.56 Å². The van der Waals surface area contributed by atoms with Crippen molar-refractivity contribution in [3.05, 3.63) is 35.9 Å². The molecule has 0 saturated carbocycles. The van der Waals surface area contributed by atoms with E-state index >= 15 is 0 Å². The van der Waals surface area contributed by atoms with Crippen LogP contribution in [0, 0.1) is 5.41 Å². The molecule has 2 unspecified atom stereocenters. The highest BCUT2D eigenvalue weighted by Gasteiger charge is 2.31. The molecule has 16 heavy (non-hydrogen) atoms. The molecule has 0 saturated heterocycles. The number of alkyl halides is 1. The largest absolute Gasteiger partial charge is 0.464 e. The van der Waals surface area contributed by atoms with E-state index in [4.69, 9.17) is 15.7 Å².